The normalized spacial score (nSPS) is 21.2. The number of methoxy groups -OCH3 is 1. The van der Waals surface area contributed by atoms with Gasteiger partial charge < -0.3 is 23.5 Å². The highest BCUT2D eigenvalue weighted by Gasteiger charge is 2.42. The molecule has 0 aliphatic carbocycles. The van der Waals surface area contributed by atoms with E-state index in [1.165, 1.54) is 5.56 Å². The Balaban J connectivity index is 1.38. The molecule has 2 heterocycles. The molecular formula is C23H26N2O4. The molecule has 0 spiro atoms. The summed E-state index contributed by atoms with van der Waals surface area (Å²) in [5, 5.41) is 0. The molecular weight excluding hydrogens is 368 g/mol. The zero-order valence-corrected chi connectivity index (χ0v) is 16.6. The highest BCUT2D eigenvalue weighted by atomic mass is 16.8. The Hall–Kier alpha value is -2.83. The van der Waals surface area contributed by atoms with Crippen molar-refractivity contribution < 1.29 is 18.9 Å². The largest absolute Gasteiger partial charge is 0.497 e. The van der Waals surface area contributed by atoms with E-state index < -0.39 is 5.79 Å². The van der Waals surface area contributed by atoms with Gasteiger partial charge in [0.15, 0.2) is 5.79 Å². The van der Waals surface area contributed by atoms with E-state index in [1.54, 1.807) is 19.6 Å². The lowest BCUT2D eigenvalue weighted by atomic mass is 10.0. The van der Waals surface area contributed by atoms with Gasteiger partial charge in [-0.15, -0.1) is 0 Å². The summed E-state index contributed by atoms with van der Waals surface area (Å²) in [7, 11) is 1.65. The van der Waals surface area contributed by atoms with Crippen molar-refractivity contribution in [1.29, 1.82) is 0 Å². The molecule has 6 nitrogen and oxygen atoms in total. The van der Waals surface area contributed by atoms with E-state index in [9.17, 15) is 0 Å². The quantitative estimate of drug-likeness (QED) is 0.554. The Bertz CT molecular complexity index is 868. The van der Waals surface area contributed by atoms with E-state index in [2.05, 4.69) is 29.2 Å². The fourth-order valence-corrected chi connectivity index (χ4v) is 3.49. The summed E-state index contributed by atoms with van der Waals surface area (Å²) in [6, 6.07) is 17.9. The summed E-state index contributed by atoms with van der Waals surface area (Å²) in [5.74, 6) is 0.897. The summed E-state index contributed by atoms with van der Waals surface area (Å²) >= 11 is 0. The van der Waals surface area contributed by atoms with Gasteiger partial charge in [-0.1, -0.05) is 30.3 Å². The van der Waals surface area contributed by atoms with Crippen molar-refractivity contribution in [3.8, 4) is 11.5 Å². The molecule has 1 aliphatic heterocycles. The molecule has 2 atom stereocenters. The molecule has 1 aromatic heterocycles. The van der Waals surface area contributed by atoms with Crippen LogP contribution in [-0.4, -0.2) is 41.8 Å². The number of rotatable bonds is 9. The van der Waals surface area contributed by atoms with E-state index in [0.29, 0.717) is 19.8 Å². The van der Waals surface area contributed by atoms with Crippen LogP contribution in [0, 0.1) is 0 Å². The third kappa shape index (κ3) is 5.16. The Kier molecular flexibility index (Phi) is 6.12. The molecule has 1 fully saturated rings. The second kappa shape index (κ2) is 9.11. The van der Waals surface area contributed by atoms with Crippen LogP contribution in [0.3, 0.4) is 0 Å². The Labute approximate surface area is 171 Å². The third-order valence-corrected chi connectivity index (χ3v) is 5.03. The molecule has 1 saturated heterocycles. The van der Waals surface area contributed by atoms with Crippen LogP contribution in [0.5, 0.6) is 11.5 Å². The smallest absolute Gasteiger partial charge is 0.187 e. The van der Waals surface area contributed by atoms with Crippen LogP contribution >= 0.6 is 0 Å². The maximum absolute atomic E-state index is 6.39. The second-order valence-corrected chi connectivity index (χ2v) is 7.17. The summed E-state index contributed by atoms with van der Waals surface area (Å²) in [6.07, 6.45) is 6.99. The summed E-state index contributed by atoms with van der Waals surface area (Å²) in [6.45, 7) is 1.53. The lowest BCUT2D eigenvalue weighted by molar-refractivity contribution is -0.184. The van der Waals surface area contributed by atoms with E-state index in [0.717, 1.165) is 24.3 Å². The number of benzene rings is 2. The number of ether oxygens (including phenoxy) is 4. The number of aryl methyl sites for hydroxylation is 1. The lowest BCUT2D eigenvalue weighted by Gasteiger charge is -2.28. The Morgan fingerprint density at radius 1 is 1.10 bits per heavy atom. The minimum Gasteiger partial charge on any atom is -0.497 e. The Morgan fingerprint density at radius 3 is 2.62 bits per heavy atom. The maximum Gasteiger partial charge on any atom is 0.187 e. The molecule has 6 heteroatoms. The van der Waals surface area contributed by atoms with Gasteiger partial charge in [0.25, 0.3) is 0 Å². The van der Waals surface area contributed by atoms with E-state index in [4.69, 9.17) is 18.9 Å². The molecule has 0 N–H and O–H groups in total. The average Bonchev–Trinajstić information content (AvgIpc) is 3.43. The first-order valence-electron chi connectivity index (χ1n) is 9.83. The van der Waals surface area contributed by atoms with Crippen LogP contribution in [0.4, 0.5) is 0 Å². The minimum atomic E-state index is -0.690. The highest BCUT2D eigenvalue weighted by Crippen LogP contribution is 2.31. The minimum absolute atomic E-state index is 0.128. The van der Waals surface area contributed by atoms with Gasteiger partial charge in [-0.2, -0.15) is 0 Å². The van der Waals surface area contributed by atoms with Gasteiger partial charge in [-0.05, 0) is 36.2 Å². The van der Waals surface area contributed by atoms with Crippen molar-refractivity contribution in [2.24, 2.45) is 0 Å². The first kappa shape index (κ1) is 19.5. The fraction of sp³-hybridized carbons (Fsp3) is 0.348. The van der Waals surface area contributed by atoms with E-state index in [-0.39, 0.29) is 6.10 Å². The second-order valence-electron chi connectivity index (χ2n) is 7.17. The lowest BCUT2D eigenvalue weighted by Crippen LogP contribution is -2.37. The molecule has 2 aromatic carbocycles. The molecule has 1 aliphatic rings. The molecule has 2 unspecified atom stereocenters. The van der Waals surface area contributed by atoms with Crippen molar-refractivity contribution in [3.05, 3.63) is 78.9 Å². The van der Waals surface area contributed by atoms with Gasteiger partial charge >= 0.3 is 0 Å². The van der Waals surface area contributed by atoms with Gasteiger partial charge in [0.2, 0.25) is 0 Å². The third-order valence-electron chi connectivity index (χ3n) is 5.03. The standard InChI is InChI=1S/C23H26N2O4/c1-26-20-7-9-21(10-8-20)27-15-22-16-28-23(29-22,17-25-14-13-24-18-25)12-11-19-5-3-2-4-6-19/h2-10,13-14,18,22H,11-12,15-17H2,1H3. The zero-order valence-electron chi connectivity index (χ0n) is 16.6. The molecule has 0 radical (unpaired) electrons. The number of hydrogen-bond donors (Lipinski definition) is 0. The van der Waals surface area contributed by atoms with Gasteiger partial charge in [0, 0.05) is 18.8 Å². The van der Waals surface area contributed by atoms with Crippen LogP contribution in [0.2, 0.25) is 0 Å². The van der Waals surface area contributed by atoms with Gasteiger partial charge in [0.05, 0.1) is 26.6 Å². The van der Waals surface area contributed by atoms with Crippen molar-refractivity contribution in [1.82, 2.24) is 9.55 Å². The predicted octanol–water partition coefficient (Wildman–Crippen LogP) is 3.72. The van der Waals surface area contributed by atoms with Gasteiger partial charge in [-0.3, -0.25) is 0 Å². The van der Waals surface area contributed by atoms with Crippen LogP contribution < -0.4 is 9.47 Å². The number of hydrogen-bond acceptors (Lipinski definition) is 5. The summed E-state index contributed by atoms with van der Waals surface area (Å²) in [5.41, 5.74) is 1.27. The molecule has 0 saturated carbocycles. The van der Waals surface area contributed by atoms with Crippen molar-refractivity contribution in [3.63, 3.8) is 0 Å². The van der Waals surface area contributed by atoms with Crippen LogP contribution in [-0.2, 0) is 22.4 Å². The van der Waals surface area contributed by atoms with Crippen LogP contribution in [0.25, 0.3) is 0 Å². The van der Waals surface area contributed by atoms with Crippen LogP contribution in [0.1, 0.15) is 12.0 Å². The van der Waals surface area contributed by atoms with E-state index >= 15 is 0 Å². The Morgan fingerprint density at radius 2 is 1.90 bits per heavy atom. The van der Waals surface area contributed by atoms with Gasteiger partial charge in [0.1, 0.15) is 24.2 Å². The molecule has 0 amide bonds. The molecule has 29 heavy (non-hydrogen) atoms. The SMILES string of the molecule is COc1ccc(OCC2COC(CCc3ccccc3)(Cn3ccnc3)O2)cc1. The number of aromatic nitrogens is 2. The predicted molar refractivity (Wildman–Crippen MR) is 109 cm³/mol. The summed E-state index contributed by atoms with van der Waals surface area (Å²) < 4.78 is 25.7. The van der Waals surface area contributed by atoms with Crippen LogP contribution in [0.15, 0.2) is 73.3 Å². The molecule has 152 valence electrons. The monoisotopic (exact) mass is 394 g/mol. The van der Waals surface area contributed by atoms with Crippen molar-refractivity contribution in [2.75, 3.05) is 20.3 Å². The maximum atomic E-state index is 6.39. The first-order chi connectivity index (χ1) is 14.2. The first-order valence-corrected chi connectivity index (χ1v) is 9.83. The van der Waals surface area contributed by atoms with Gasteiger partial charge in [-0.25, -0.2) is 4.98 Å². The fourth-order valence-electron chi connectivity index (χ4n) is 3.49. The molecule has 0 bridgehead atoms. The number of nitrogens with zero attached hydrogens (tertiary/aromatic N) is 2. The number of imidazole rings is 1. The van der Waals surface area contributed by atoms with Crippen molar-refractivity contribution >= 4 is 0 Å². The molecule has 4 rings (SSSR count). The highest BCUT2D eigenvalue weighted by molar-refractivity contribution is 5.31. The van der Waals surface area contributed by atoms with E-state index in [1.807, 2.05) is 41.1 Å². The van der Waals surface area contributed by atoms with Crippen molar-refractivity contribution in [2.45, 2.75) is 31.3 Å². The summed E-state index contributed by atoms with van der Waals surface area (Å²) in [4.78, 5) is 4.14. The zero-order chi connectivity index (χ0) is 19.9. The molecule has 3 aromatic rings. The average molecular weight is 394 g/mol. The topological polar surface area (TPSA) is 54.7 Å².